The van der Waals surface area contributed by atoms with Gasteiger partial charge in [0.25, 0.3) is 0 Å². The molecular formula is C22H20N4O2. The first-order valence-corrected chi connectivity index (χ1v) is 8.90. The van der Waals surface area contributed by atoms with Gasteiger partial charge in [-0.3, -0.25) is 5.10 Å². The smallest absolute Gasteiger partial charge is 0.323 e. The number of carbonyl (C=O) groups is 1. The van der Waals surface area contributed by atoms with Crippen molar-refractivity contribution in [1.82, 2.24) is 10.2 Å². The van der Waals surface area contributed by atoms with Gasteiger partial charge in [0, 0.05) is 16.6 Å². The van der Waals surface area contributed by atoms with E-state index >= 15 is 0 Å². The molecule has 0 atom stereocenters. The van der Waals surface area contributed by atoms with E-state index in [1.807, 2.05) is 61.5 Å². The van der Waals surface area contributed by atoms with Crippen molar-refractivity contribution in [3.05, 3.63) is 72.4 Å². The van der Waals surface area contributed by atoms with Gasteiger partial charge in [-0.15, -0.1) is 0 Å². The Labute approximate surface area is 162 Å². The van der Waals surface area contributed by atoms with E-state index in [2.05, 4.69) is 20.8 Å². The molecule has 28 heavy (non-hydrogen) atoms. The molecule has 1 heterocycles. The Morgan fingerprint density at radius 3 is 2.64 bits per heavy atom. The molecular weight excluding hydrogens is 352 g/mol. The van der Waals surface area contributed by atoms with Gasteiger partial charge in [-0.25, -0.2) is 4.79 Å². The third-order valence-corrected chi connectivity index (χ3v) is 4.59. The zero-order chi connectivity index (χ0) is 19.5. The molecule has 6 heteroatoms. The number of carbonyl (C=O) groups excluding carboxylic acids is 1. The summed E-state index contributed by atoms with van der Waals surface area (Å²) in [5, 5.41) is 14.9. The molecule has 140 valence electrons. The lowest BCUT2D eigenvalue weighted by atomic mass is 10.1. The van der Waals surface area contributed by atoms with E-state index < -0.39 is 0 Å². The number of methoxy groups -OCH3 is 1. The second-order valence-corrected chi connectivity index (χ2v) is 6.45. The van der Waals surface area contributed by atoms with Crippen molar-refractivity contribution < 1.29 is 9.53 Å². The number of benzene rings is 3. The predicted octanol–water partition coefficient (Wildman–Crippen LogP) is 5.19. The second-order valence-electron chi connectivity index (χ2n) is 6.45. The number of nitrogens with zero attached hydrogens (tertiary/aromatic N) is 1. The van der Waals surface area contributed by atoms with Crippen LogP contribution in [0.3, 0.4) is 0 Å². The summed E-state index contributed by atoms with van der Waals surface area (Å²) in [5.74, 6) is 0.701. The van der Waals surface area contributed by atoms with Crippen molar-refractivity contribution in [3.63, 3.8) is 0 Å². The number of urea groups is 1. The maximum atomic E-state index is 12.6. The Bertz CT molecular complexity index is 1140. The molecule has 1 aromatic heterocycles. The normalized spacial score (nSPS) is 10.6. The molecule has 0 saturated carbocycles. The van der Waals surface area contributed by atoms with Crippen molar-refractivity contribution in [1.29, 1.82) is 0 Å². The van der Waals surface area contributed by atoms with Crippen LogP contribution < -0.4 is 15.4 Å². The fourth-order valence-electron chi connectivity index (χ4n) is 3.22. The molecule has 0 aliphatic rings. The minimum Gasteiger partial charge on any atom is -0.496 e. The summed E-state index contributed by atoms with van der Waals surface area (Å²) >= 11 is 0. The zero-order valence-electron chi connectivity index (χ0n) is 15.6. The van der Waals surface area contributed by atoms with Gasteiger partial charge in [-0.1, -0.05) is 36.4 Å². The molecule has 0 spiro atoms. The first-order valence-electron chi connectivity index (χ1n) is 8.90. The number of aryl methyl sites for hydroxylation is 1. The molecule has 2 amide bonds. The number of nitrogens with one attached hydrogen (secondary N) is 3. The lowest BCUT2D eigenvalue weighted by molar-refractivity contribution is 0.262. The van der Waals surface area contributed by atoms with Gasteiger partial charge in [-0.05, 0) is 42.1 Å². The Balaban J connectivity index is 1.59. The third kappa shape index (κ3) is 3.40. The maximum absolute atomic E-state index is 12.6. The standard InChI is InChI=1S/C22H20N4O2/c1-14-13-23-26-21(14)18-12-16(10-11-20(18)28-2)24-22(27)25-19-9-5-7-15-6-3-4-8-17(15)19/h3-13H,1-2H3,(H,23,26)(H2,24,25,27). The number of aromatic nitrogens is 2. The van der Waals surface area contributed by atoms with Crippen LogP contribution in [0.4, 0.5) is 16.2 Å². The highest BCUT2D eigenvalue weighted by molar-refractivity contribution is 6.06. The minimum atomic E-state index is -0.311. The Hall–Kier alpha value is -3.80. The number of hydrogen-bond donors (Lipinski definition) is 3. The molecule has 3 N–H and O–H groups in total. The van der Waals surface area contributed by atoms with E-state index in [4.69, 9.17) is 4.74 Å². The number of rotatable bonds is 4. The summed E-state index contributed by atoms with van der Waals surface area (Å²) in [6.07, 6.45) is 1.75. The van der Waals surface area contributed by atoms with Crippen LogP contribution in [0.1, 0.15) is 5.56 Å². The molecule has 0 aliphatic heterocycles. The van der Waals surface area contributed by atoms with Crippen molar-refractivity contribution in [2.24, 2.45) is 0 Å². The largest absolute Gasteiger partial charge is 0.496 e. The van der Waals surface area contributed by atoms with E-state index in [-0.39, 0.29) is 6.03 Å². The lowest BCUT2D eigenvalue weighted by Gasteiger charge is -2.13. The van der Waals surface area contributed by atoms with E-state index in [1.165, 1.54) is 0 Å². The van der Waals surface area contributed by atoms with Crippen LogP contribution in [-0.4, -0.2) is 23.3 Å². The zero-order valence-corrected chi connectivity index (χ0v) is 15.6. The van der Waals surface area contributed by atoms with Crippen molar-refractivity contribution >= 4 is 28.2 Å². The Kier molecular flexibility index (Phi) is 4.68. The van der Waals surface area contributed by atoms with Crippen LogP contribution in [0.2, 0.25) is 0 Å². The number of ether oxygens (including phenoxy) is 1. The molecule has 0 aliphatic carbocycles. The van der Waals surface area contributed by atoms with E-state index in [0.717, 1.165) is 33.3 Å². The monoisotopic (exact) mass is 372 g/mol. The highest BCUT2D eigenvalue weighted by Crippen LogP contribution is 2.33. The van der Waals surface area contributed by atoms with Gasteiger partial charge in [-0.2, -0.15) is 5.10 Å². The number of fused-ring (bicyclic) bond motifs is 1. The van der Waals surface area contributed by atoms with Crippen LogP contribution >= 0.6 is 0 Å². The molecule has 4 aromatic rings. The van der Waals surface area contributed by atoms with E-state index in [1.54, 1.807) is 19.4 Å². The highest BCUT2D eigenvalue weighted by Gasteiger charge is 2.13. The van der Waals surface area contributed by atoms with Gasteiger partial charge in [0.05, 0.1) is 24.7 Å². The molecule has 6 nitrogen and oxygen atoms in total. The van der Waals surface area contributed by atoms with Gasteiger partial charge < -0.3 is 15.4 Å². The molecule has 0 unspecified atom stereocenters. The van der Waals surface area contributed by atoms with Crippen molar-refractivity contribution in [2.75, 3.05) is 17.7 Å². The molecule has 3 aromatic carbocycles. The highest BCUT2D eigenvalue weighted by atomic mass is 16.5. The first-order chi connectivity index (χ1) is 13.7. The van der Waals surface area contributed by atoms with Crippen molar-refractivity contribution in [2.45, 2.75) is 6.92 Å². The summed E-state index contributed by atoms with van der Waals surface area (Å²) in [6.45, 7) is 1.96. The van der Waals surface area contributed by atoms with Gasteiger partial charge >= 0.3 is 6.03 Å². The van der Waals surface area contributed by atoms with Crippen LogP contribution in [0.25, 0.3) is 22.0 Å². The minimum absolute atomic E-state index is 0.311. The fraction of sp³-hybridized carbons (Fsp3) is 0.0909. The molecule has 0 bridgehead atoms. The van der Waals surface area contributed by atoms with E-state index in [9.17, 15) is 4.79 Å². The van der Waals surface area contributed by atoms with Crippen LogP contribution in [0, 0.1) is 6.92 Å². The van der Waals surface area contributed by atoms with Crippen LogP contribution in [-0.2, 0) is 0 Å². The van der Waals surface area contributed by atoms with E-state index in [0.29, 0.717) is 11.4 Å². The summed E-state index contributed by atoms with van der Waals surface area (Å²) < 4.78 is 5.45. The predicted molar refractivity (Wildman–Crippen MR) is 112 cm³/mol. The Morgan fingerprint density at radius 1 is 1.04 bits per heavy atom. The SMILES string of the molecule is COc1ccc(NC(=O)Nc2cccc3ccccc23)cc1-c1[nH]ncc1C. The lowest BCUT2D eigenvalue weighted by Crippen LogP contribution is -2.19. The third-order valence-electron chi connectivity index (χ3n) is 4.59. The molecule has 0 radical (unpaired) electrons. The summed E-state index contributed by atoms with van der Waals surface area (Å²) in [5.41, 5.74) is 4.10. The molecule has 4 rings (SSSR count). The number of anilines is 2. The summed E-state index contributed by atoms with van der Waals surface area (Å²) in [7, 11) is 1.62. The number of aromatic amines is 1. The fourth-order valence-corrected chi connectivity index (χ4v) is 3.22. The maximum Gasteiger partial charge on any atom is 0.323 e. The second kappa shape index (κ2) is 7.44. The topological polar surface area (TPSA) is 79.0 Å². The van der Waals surface area contributed by atoms with Gasteiger partial charge in [0.2, 0.25) is 0 Å². The summed E-state index contributed by atoms with van der Waals surface area (Å²) in [4.78, 5) is 12.6. The van der Waals surface area contributed by atoms with Crippen LogP contribution in [0.5, 0.6) is 5.75 Å². The Morgan fingerprint density at radius 2 is 1.86 bits per heavy atom. The number of H-pyrrole nitrogens is 1. The molecule has 0 saturated heterocycles. The average molecular weight is 372 g/mol. The van der Waals surface area contributed by atoms with Gasteiger partial charge in [0.1, 0.15) is 5.75 Å². The first kappa shape index (κ1) is 17.6. The van der Waals surface area contributed by atoms with Crippen molar-refractivity contribution in [3.8, 4) is 17.0 Å². The van der Waals surface area contributed by atoms with Crippen LogP contribution in [0.15, 0.2) is 66.9 Å². The quantitative estimate of drug-likeness (QED) is 0.461. The summed E-state index contributed by atoms with van der Waals surface area (Å²) in [6, 6.07) is 18.9. The number of amides is 2. The average Bonchev–Trinajstić information content (AvgIpc) is 3.14. The molecule has 0 fully saturated rings. The van der Waals surface area contributed by atoms with Gasteiger partial charge in [0.15, 0.2) is 0 Å². The number of hydrogen-bond acceptors (Lipinski definition) is 3.